The summed E-state index contributed by atoms with van der Waals surface area (Å²) in [6, 6.07) is 8.29. The maximum Gasteiger partial charge on any atom is 0.428 e. The summed E-state index contributed by atoms with van der Waals surface area (Å²) in [5.41, 5.74) is -1.25. The molecule has 0 aliphatic rings. The molecule has 0 atom stereocenters. The van der Waals surface area contributed by atoms with Crippen LogP contribution in [-0.4, -0.2) is 37.0 Å². The second-order valence-electron chi connectivity index (χ2n) is 5.96. The number of aliphatic imine (C=N–C) groups is 1. The number of halogens is 7. The average molecular weight is 485 g/mol. The lowest BCUT2D eigenvalue weighted by molar-refractivity contribution is -0.163. The van der Waals surface area contributed by atoms with Gasteiger partial charge in [0.2, 0.25) is 10.7 Å². The third-order valence-corrected chi connectivity index (χ3v) is 4.38. The molecule has 0 N–H and O–H groups in total. The number of hydrogen-bond donors (Lipinski definition) is 0. The van der Waals surface area contributed by atoms with Crippen LogP contribution in [0.4, 0.5) is 32.4 Å². The molecule has 0 saturated carbocycles. The number of urea groups is 1. The third-order valence-electron chi connectivity index (χ3n) is 3.87. The molecule has 0 aromatic heterocycles. The predicted molar refractivity (Wildman–Crippen MR) is 106 cm³/mol. The Bertz CT molecular complexity index is 950. The third kappa shape index (κ3) is 6.20. The molecule has 2 rings (SSSR count). The Morgan fingerprint density at radius 1 is 1.03 bits per heavy atom. The zero-order valence-corrected chi connectivity index (χ0v) is 17.5. The van der Waals surface area contributed by atoms with Gasteiger partial charge in [0.05, 0.1) is 12.7 Å². The van der Waals surface area contributed by atoms with E-state index in [9.17, 15) is 26.7 Å². The summed E-state index contributed by atoms with van der Waals surface area (Å²) < 4.78 is 75.8. The maximum atomic E-state index is 13.4. The van der Waals surface area contributed by atoms with Gasteiger partial charge in [0.25, 0.3) is 0 Å². The lowest BCUT2D eigenvalue weighted by atomic mass is 10.1. The summed E-state index contributed by atoms with van der Waals surface area (Å²) in [7, 11) is 2.36. The molecule has 12 heteroatoms. The van der Waals surface area contributed by atoms with Crippen molar-refractivity contribution in [2.24, 2.45) is 4.99 Å². The first-order valence-electron chi connectivity index (χ1n) is 8.39. The molecular formula is C19H15Cl2F5N2O3. The number of alkyl halides is 7. The lowest BCUT2D eigenvalue weighted by Gasteiger charge is -2.20. The minimum Gasteiger partial charge on any atom is -0.480 e. The Labute approximate surface area is 184 Å². The number of hydrogen-bond acceptors (Lipinski definition) is 3. The van der Waals surface area contributed by atoms with Gasteiger partial charge in [-0.3, -0.25) is 4.90 Å². The monoisotopic (exact) mass is 484 g/mol. The smallest absolute Gasteiger partial charge is 0.428 e. The normalized spacial score (nSPS) is 12.6. The highest BCUT2D eigenvalue weighted by Gasteiger charge is 2.40. The van der Waals surface area contributed by atoms with E-state index in [0.29, 0.717) is 0 Å². The standard InChI is InChI=1S/C19H15Cl2F5N2O3/c1-28(11-7-9-12(10-8-11)31-19(25,26)16(20)21)17(29)27-15(30-2)13-5-3-4-6-14(13)18(22,23)24/h3-10,16H,1-2H3. The largest absolute Gasteiger partial charge is 0.480 e. The van der Waals surface area contributed by atoms with E-state index in [-0.39, 0.29) is 11.4 Å². The topological polar surface area (TPSA) is 51.1 Å². The SMILES string of the molecule is COC(=NC(=O)N(C)c1ccc(OC(F)(F)C(Cl)Cl)cc1)c1ccccc1C(F)(F)F. The molecule has 0 unspecified atom stereocenters. The highest BCUT2D eigenvalue weighted by atomic mass is 35.5. The van der Waals surface area contributed by atoms with Crippen molar-refractivity contribution >= 4 is 40.8 Å². The number of amides is 2. The molecule has 0 heterocycles. The van der Waals surface area contributed by atoms with Gasteiger partial charge >= 0.3 is 18.3 Å². The van der Waals surface area contributed by atoms with Gasteiger partial charge in [-0.25, -0.2) is 4.79 Å². The second kappa shape index (κ2) is 9.69. The van der Waals surface area contributed by atoms with Crippen LogP contribution in [0.2, 0.25) is 0 Å². The van der Waals surface area contributed by atoms with E-state index in [4.69, 9.17) is 27.9 Å². The Morgan fingerprint density at radius 2 is 1.61 bits per heavy atom. The van der Waals surface area contributed by atoms with Gasteiger partial charge < -0.3 is 9.47 Å². The van der Waals surface area contributed by atoms with E-state index in [0.717, 1.165) is 36.3 Å². The minimum atomic E-state index is -4.69. The molecule has 0 saturated heterocycles. The zero-order valence-electron chi connectivity index (χ0n) is 16.0. The van der Waals surface area contributed by atoms with E-state index in [1.54, 1.807) is 0 Å². The van der Waals surface area contributed by atoms with Crippen molar-refractivity contribution in [1.29, 1.82) is 0 Å². The van der Waals surface area contributed by atoms with Crippen molar-refractivity contribution in [3.8, 4) is 5.75 Å². The minimum absolute atomic E-state index is 0.192. The molecule has 0 aliphatic carbocycles. The van der Waals surface area contributed by atoms with Gasteiger partial charge in [0.15, 0.2) is 0 Å². The number of rotatable bonds is 5. The molecule has 0 fully saturated rings. The van der Waals surface area contributed by atoms with Crippen LogP contribution >= 0.6 is 23.2 Å². The number of carbonyl (C=O) groups excluding carboxylic acids is 1. The van der Waals surface area contributed by atoms with Crippen molar-refractivity contribution in [2.75, 3.05) is 19.1 Å². The molecule has 2 aromatic carbocycles. The molecule has 0 spiro atoms. The summed E-state index contributed by atoms with van der Waals surface area (Å²) in [5.74, 6) is -0.819. The van der Waals surface area contributed by atoms with Crippen LogP contribution in [0.1, 0.15) is 11.1 Å². The molecule has 2 aromatic rings. The van der Waals surface area contributed by atoms with Crippen molar-refractivity contribution in [1.82, 2.24) is 0 Å². The van der Waals surface area contributed by atoms with E-state index in [2.05, 4.69) is 9.73 Å². The van der Waals surface area contributed by atoms with Crippen LogP contribution in [-0.2, 0) is 10.9 Å². The van der Waals surface area contributed by atoms with Crippen LogP contribution in [0.5, 0.6) is 5.75 Å². The van der Waals surface area contributed by atoms with Crippen molar-refractivity contribution < 1.29 is 36.2 Å². The second-order valence-corrected chi connectivity index (χ2v) is 7.06. The summed E-state index contributed by atoms with van der Waals surface area (Å²) in [4.78, 5) is 14.9. The molecule has 0 radical (unpaired) electrons. The highest BCUT2D eigenvalue weighted by Crippen LogP contribution is 2.33. The Morgan fingerprint density at radius 3 is 2.13 bits per heavy atom. The van der Waals surface area contributed by atoms with Crippen molar-refractivity contribution in [3.05, 3.63) is 59.7 Å². The van der Waals surface area contributed by atoms with Crippen LogP contribution in [0.25, 0.3) is 0 Å². The molecule has 31 heavy (non-hydrogen) atoms. The van der Waals surface area contributed by atoms with E-state index < -0.39 is 40.2 Å². The first-order chi connectivity index (χ1) is 14.4. The van der Waals surface area contributed by atoms with E-state index in [1.165, 1.54) is 31.3 Å². The lowest BCUT2D eigenvalue weighted by Crippen LogP contribution is -2.32. The van der Waals surface area contributed by atoms with E-state index >= 15 is 0 Å². The van der Waals surface area contributed by atoms with Crippen molar-refractivity contribution in [2.45, 2.75) is 17.1 Å². The summed E-state index contributed by atoms with van der Waals surface area (Å²) in [6.07, 6.45) is -8.52. The quantitative estimate of drug-likeness (QED) is 0.222. The van der Waals surface area contributed by atoms with E-state index in [1.807, 2.05) is 0 Å². The van der Waals surface area contributed by atoms with Gasteiger partial charge in [-0.1, -0.05) is 35.3 Å². The molecular weight excluding hydrogens is 470 g/mol. The number of carbonyl (C=O) groups is 1. The molecule has 0 bridgehead atoms. The number of nitrogens with zero attached hydrogens (tertiary/aromatic N) is 2. The summed E-state index contributed by atoms with van der Waals surface area (Å²) in [6.45, 7) is 0. The van der Waals surface area contributed by atoms with Gasteiger partial charge in [-0.15, -0.1) is 0 Å². The number of methoxy groups -OCH3 is 1. The first kappa shape index (κ1) is 24.7. The molecule has 168 valence electrons. The first-order valence-corrected chi connectivity index (χ1v) is 9.26. The van der Waals surface area contributed by atoms with Crippen LogP contribution in [0, 0.1) is 0 Å². The summed E-state index contributed by atoms with van der Waals surface area (Å²) >= 11 is 10.3. The average Bonchev–Trinajstić information content (AvgIpc) is 2.71. The van der Waals surface area contributed by atoms with Gasteiger partial charge in [-0.05, 0) is 36.4 Å². The fraction of sp³-hybridized carbons (Fsp3) is 0.263. The number of benzene rings is 2. The van der Waals surface area contributed by atoms with Crippen LogP contribution < -0.4 is 9.64 Å². The zero-order chi connectivity index (χ0) is 23.4. The Balaban J connectivity index is 2.26. The van der Waals surface area contributed by atoms with Gasteiger partial charge in [0.1, 0.15) is 5.75 Å². The van der Waals surface area contributed by atoms with Gasteiger partial charge in [-0.2, -0.15) is 26.9 Å². The molecule has 0 aliphatic heterocycles. The molecule has 2 amide bonds. The fourth-order valence-corrected chi connectivity index (χ4v) is 2.43. The van der Waals surface area contributed by atoms with Crippen molar-refractivity contribution in [3.63, 3.8) is 0 Å². The fourth-order valence-electron chi connectivity index (χ4n) is 2.34. The summed E-state index contributed by atoms with van der Waals surface area (Å²) in [5, 5.41) is 0. The maximum absolute atomic E-state index is 13.4. The number of ether oxygens (including phenoxy) is 2. The highest BCUT2D eigenvalue weighted by molar-refractivity contribution is 6.44. The Kier molecular flexibility index (Phi) is 7.72. The van der Waals surface area contributed by atoms with Crippen LogP contribution in [0.3, 0.4) is 0 Å². The molecule has 5 nitrogen and oxygen atoms in total. The number of anilines is 1. The van der Waals surface area contributed by atoms with Gasteiger partial charge in [0, 0.05) is 18.3 Å². The van der Waals surface area contributed by atoms with Crippen LogP contribution in [0.15, 0.2) is 53.5 Å². The Hall–Kier alpha value is -2.59. The predicted octanol–water partition coefficient (Wildman–Crippen LogP) is 6.13.